The fraction of sp³-hybridized carbons (Fsp3) is 0.320. The summed E-state index contributed by atoms with van der Waals surface area (Å²) in [4.78, 5) is 38.7. The minimum Gasteiger partial charge on any atom is -0.344 e. The predicted molar refractivity (Wildman–Crippen MR) is 130 cm³/mol. The number of amides is 2. The highest BCUT2D eigenvalue weighted by atomic mass is 32.2. The van der Waals surface area contributed by atoms with Crippen LogP contribution in [0.25, 0.3) is 5.69 Å². The maximum Gasteiger partial charge on any atom is 0.253 e. The number of nitrogens with one attached hydrogen (secondary N) is 1. The molecule has 1 fully saturated rings. The average molecular weight is 508 g/mol. The molecule has 186 valence electrons. The number of sulfone groups is 1. The molecule has 0 aliphatic carbocycles. The van der Waals surface area contributed by atoms with Crippen LogP contribution in [0.1, 0.15) is 51.6 Å². The van der Waals surface area contributed by atoms with Crippen molar-refractivity contribution < 1.29 is 22.8 Å². The Morgan fingerprint density at radius 2 is 1.94 bits per heavy atom. The molecule has 0 spiro atoms. The molecule has 1 aromatic heterocycles. The van der Waals surface area contributed by atoms with Crippen LogP contribution in [0.2, 0.25) is 0 Å². The lowest BCUT2D eigenvalue weighted by atomic mass is 10.0. The zero-order valence-corrected chi connectivity index (χ0v) is 20.5. The molecule has 0 radical (unpaired) electrons. The van der Waals surface area contributed by atoms with Gasteiger partial charge in [0.25, 0.3) is 5.91 Å². The van der Waals surface area contributed by atoms with E-state index in [1.807, 2.05) is 19.1 Å². The summed E-state index contributed by atoms with van der Waals surface area (Å²) in [7, 11) is -3.36. The van der Waals surface area contributed by atoms with E-state index in [1.54, 1.807) is 36.5 Å². The van der Waals surface area contributed by atoms with Crippen molar-refractivity contribution in [2.75, 3.05) is 12.3 Å². The third-order valence-electron chi connectivity index (χ3n) is 6.41. The quantitative estimate of drug-likeness (QED) is 0.556. The lowest BCUT2D eigenvalue weighted by molar-refractivity contribution is -0.140. The number of aromatic nitrogens is 3. The van der Waals surface area contributed by atoms with Crippen LogP contribution < -0.4 is 5.32 Å². The second-order valence-corrected chi connectivity index (χ2v) is 11.4. The number of carbonyl (C=O) groups excluding carboxylic acids is 3. The number of hydrogen-bond acceptors (Lipinski definition) is 7. The Morgan fingerprint density at radius 1 is 1.14 bits per heavy atom. The molecule has 1 N–H and O–H groups in total. The van der Waals surface area contributed by atoms with Gasteiger partial charge in [-0.05, 0) is 35.7 Å². The molecule has 5 rings (SSSR count). The molecule has 2 aromatic carbocycles. The first-order valence-corrected chi connectivity index (χ1v) is 13.4. The van der Waals surface area contributed by atoms with E-state index in [0.717, 1.165) is 11.1 Å². The summed E-state index contributed by atoms with van der Waals surface area (Å²) < 4.78 is 26.4. The van der Waals surface area contributed by atoms with Gasteiger partial charge in [-0.3, -0.25) is 14.4 Å². The van der Waals surface area contributed by atoms with Gasteiger partial charge in [0.05, 0.1) is 48.1 Å². The van der Waals surface area contributed by atoms with Crippen LogP contribution >= 0.6 is 0 Å². The van der Waals surface area contributed by atoms with Crippen LogP contribution in [0.3, 0.4) is 0 Å². The van der Waals surface area contributed by atoms with E-state index in [9.17, 15) is 22.8 Å². The number of fused-ring (bicyclic) bond motifs is 1. The summed E-state index contributed by atoms with van der Waals surface area (Å²) in [5, 5.41) is 11.2. The highest BCUT2D eigenvalue weighted by Gasteiger charge is 2.31. The van der Waals surface area contributed by atoms with Crippen LogP contribution in [0, 0.1) is 6.92 Å². The predicted octanol–water partition coefficient (Wildman–Crippen LogP) is 1.67. The van der Waals surface area contributed by atoms with E-state index in [-0.39, 0.29) is 49.1 Å². The fourth-order valence-corrected chi connectivity index (χ4v) is 6.26. The van der Waals surface area contributed by atoms with Crippen LogP contribution in [-0.4, -0.2) is 58.2 Å². The second-order valence-electron chi connectivity index (χ2n) is 9.24. The third kappa shape index (κ3) is 4.92. The smallest absolute Gasteiger partial charge is 0.253 e. The first-order valence-electron chi connectivity index (χ1n) is 11.6. The maximum atomic E-state index is 13.4. The topological polar surface area (TPSA) is 131 Å². The van der Waals surface area contributed by atoms with E-state index in [4.69, 9.17) is 0 Å². The van der Waals surface area contributed by atoms with Crippen molar-refractivity contribution in [3.63, 3.8) is 0 Å². The molecule has 0 saturated carbocycles. The lowest BCUT2D eigenvalue weighted by Gasteiger charge is -2.26. The van der Waals surface area contributed by atoms with Gasteiger partial charge in [0.15, 0.2) is 15.6 Å². The third-order valence-corrected chi connectivity index (χ3v) is 8.00. The molecular weight excluding hydrogens is 482 g/mol. The lowest BCUT2D eigenvalue weighted by Crippen LogP contribution is -2.39. The van der Waals surface area contributed by atoms with Gasteiger partial charge in [-0.1, -0.05) is 35.5 Å². The SMILES string of the molecule is Cc1ccc(C(=O)NC2CS(=O)(=O)Cc3ccccc32)c(-n2cc(CN3CC(=O)CCC3=O)nn2)c1. The van der Waals surface area contributed by atoms with Gasteiger partial charge in [-0.2, -0.15) is 0 Å². The van der Waals surface area contributed by atoms with Gasteiger partial charge < -0.3 is 10.2 Å². The van der Waals surface area contributed by atoms with E-state index in [1.165, 1.54) is 9.58 Å². The summed E-state index contributed by atoms with van der Waals surface area (Å²) in [5.74, 6) is -0.755. The van der Waals surface area contributed by atoms with Crippen molar-refractivity contribution in [1.82, 2.24) is 25.2 Å². The average Bonchev–Trinajstić information content (AvgIpc) is 3.29. The molecule has 10 nitrogen and oxygen atoms in total. The monoisotopic (exact) mass is 507 g/mol. The summed E-state index contributed by atoms with van der Waals surface area (Å²) in [6.45, 7) is 2.08. The first-order chi connectivity index (χ1) is 17.2. The van der Waals surface area contributed by atoms with Gasteiger partial charge >= 0.3 is 0 Å². The number of carbonyl (C=O) groups is 3. The summed E-state index contributed by atoms with van der Waals surface area (Å²) in [5.41, 5.74) is 3.63. The van der Waals surface area contributed by atoms with Crippen molar-refractivity contribution in [2.45, 2.75) is 38.1 Å². The van der Waals surface area contributed by atoms with E-state index < -0.39 is 21.8 Å². The van der Waals surface area contributed by atoms with Crippen molar-refractivity contribution in [1.29, 1.82) is 0 Å². The Bertz CT molecular complexity index is 1480. The highest BCUT2D eigenvalue weighted by molar-refractivity contribution is 7.90. The second kappa shape index (κ2) is 9.30. The van der Waals surface area contributed by atoms with Crippen LogP contribution in [-0.2, 0) is 31.7 Å². The Balaban J connectivity index is 1.41. The number of Topliss-reactive ketones (excluding diaryl/α,β-unsaturated/α-hetero) is 1. The number of hydrogen-bond donors (Lipinski definition) is 1. The number of rotatable bonds is 5. The Labute approximate surface area is 208 Å². The van der Waals surface area contributed by atoms with Gasteiger partial charge in [0, 0.05) is 12.8 Å². The molecule has 2 aliphatic rings. The minimum atomic E-state index is -3.36. The van der Waals surface area contributed by atoms with Gasteiger partial charge in [-0.15, -0.1) is 5.10 Å². The van der Waals surface area contributed by atoms with Crippen LogP contribution in [0.4, 0.5) is 0 Å². The van der Waals surface area contributed by atoms with Crippen molar-refractivity contribution >= 4 is 27.4 Å². The molecule has 36 heavy (non-hydrogen) atoms. The molecule has 2 aliphatic heterocycles. The van der Waals surface area contributed by atoms with Crippen LogP contribution in [0.5, 0.6) is 0 Å². The molecular formula is C25H25N5O5S. The van der Waals surface area contributed by atoms with Gasteiger partial charge in [0.1, 0.15) is 5.69 Å². The zero-order valence-electron chi connectivity index (χ0n) is 19.7. The Hall–Kier alpha value is -3.86. The number of likely N-dealkylation sites (tertiary alicyclic amines) is 1. The van der Waals surface area contributed by atoms with E-state index >= 15 is 0 Å². The zero-order chi connectivity index (χ0) is 25.4. The molecule has 2 amide bonds. The van der Waals surface area contributed by atoms with E-state index in [2.05, 4.69) is 15.6 Å². The largest absolute Gasteiger partial charge is 0.344 e. The number of ketones is 1. The summed E-state index contributed by atoms with van der Waals surface area (Å²) >= 11 is 0. The van der Waals surface area contributed by atoms with Crippen molar-refractivity contribution in [3.05, 3.63) is 76.6 Å². The summed E-state index contributed by atoms with van der Waals surface area (Å²) in [6, 6.07) is 11.8. The van der Waals surface area contributed by atoms with E-state index in [0.29, 0.717) is 22.5 Å². The summed E-state index contributed by atoms with van der Waals surface area (Å²) in [6.07, 6.45) is 2.07. The number of benzene rings is 2. The molecule has 1 atom stereocenters. The highest BCUT2D eigenvalue weighted by Crippen LogP contribution is 2.29. The molecule has 1 unspecified atom stereocenters. The number of nitrogens with zero attached hydrogens (tertiary/aromatic N) is 4. The molecule has 1 saturated heterocycles. The number of piperidine rings is 1. The van der Waals surface area contributed by atoms with Crippen molar-refractivity contribution in [3.8, 4) is 5.69 Å². The van der Waals surface area contributed by atoms with Gasteiger partial charge in [0.2, 0.25) is 5.91 Å². The van der Waals surface area contributed by atoms with Crippen molar-refractivity contribution in [2.24, 2.45) is 0 Å². The Morgan fingerprint density at radius 3 is 2.78 bits per heavy atom. The molecule has 11 heteroatoms. The van der Waals surface area contributed by atoms with Crippen LogP contribution in [0.15, 0.2) is 48.7 Å². The normalized spacial score (nSPS) is 19.1. The first kappa shape index (κ1) is 23.9. The number of aryl methyl sites for hydroxylation is 1. The Kier molecular flexibility index (Phi) is 6.17. The molecule has 3 aromatic rings. The maximum absolute atomic E-state index is 13.4. The molecule has 0 bridgehead atoms. The van der Waals surface area contributed by atoms with Gasteiger partial charge in [-0.25, -0.2) is 13.1 Å². The minimum absolute atomic E-state index is 0.00549. The fourth-order valence-electron chi connectivity index (χ4n) is 4.64. The molecule has 3 heterocycles. The standard InChI is InChI=1S/C25H25N5O5S/c1-16-6-8-21(25(33)26-22-15-36(34,35)14-17-4-2-3-5-20(17)22)23(10-16)30-12-18(27-28-30)11-29-13-19(31)7-9-24(29)32/h2-6,8,10,12,22H,7,9,11,13-15H2,1H3,(H,26,33).